The molecule has 1 saturated heterocycles. The maximum atomic E-state index is 12.7. The molecule has 1 aliphatic rings. The molecule has 22 heavy (non-hydrogen) atoms. The van der Waals surface area contributed by atoms with Gasteiger partial charge < -0.3 is 10.2 Å². The lowest BCUT2D eigenvalue weighted by Crippen LogP contribution is -2.46. The summed E-state index contributed by atoms with van der Waals surface area (Å²) in [6.07, 6.45) is 5.62. The van der Waals surface area contributed by atoms with E-state index >= 15 is 0 Å². The van der Waals surface area contributed by atoms with Crippen molar-refractivity contribution in [2.24, 2.45) is 0 Å². The van der Waals surface area contributed by atoms with Crippen LogP contribution in [0.1, 0.15) is 52.9 Å². The summed E-state index contributed by atoms with van der Waals surface area (Å²) in [5, 5.41) is 12.3. The third-order valence-electron chi connectivity index (χ3n) is 3.94. The van der Waals surface area contributed by atoms with Crippen LogP contribution in [0.3, 0.4) is 0 Å². The molecule has 0 radical (unpaired) electrons. The Bertz CT molecular complexity index is 480. The highest BCUT2D eigenvalue weighted by molar-refractivity contribution is 8.02. The van der Waals surface area contributed by atoms with Crippen molar-refractivity contribution in [3.8, 4) is 0 Å². The second kappa shape index (κ2) is 8.72. The number of nitrogens with zero attached hydrogens (tertiary/aromatic N) is 3. The molecule has 2 unspecified atom stereocenters. The predicted molar refractivity (Wildman–Crippen MR) is 93.7 cm³/mol. The van der Waals surface area contributed by atoms with Gasteiger partial charge in [0.1, 0.15) is 0 Å². The molecule has 0 spiro atoms. The van der Waals surface area contributed by atoms with Crippen LogP contribution in [-0.4, -0.2) is 45.4 Å². The van der Waals surface area contributed by atoms with Crippen LogP contribution in [0, 0.1) is 0 Å². The average molecular weight is 343 g/mol. The minimum atomic E-state index is -0.0980. The SMILES string of the molecule is CCCNc1nnc(SC(C)C(=O)N2CCCCC2CC)s1. The fourth-order valence-electron chi connectivity index (χ4n) is 2.71. The van der Waals surface area contributed by atoms with Gasteiger partial charge in [-0.25, -0.2) is 0 Å². The number of amides is 1. The zero-order chi connectivity index (χ0) is 15.9. The first kappa shape index (κ1) is 17.5. The first-order chi connectivity index (χ1) is 10.7. The Morgan fingerprint density at radius 3 is 3.00 bits per heavy atom. The number of carbonyl (C=O) groups is 1. The fraction of sp³-hybridized carbons (Fsp3) is 0.800. The Hall–Kier alpha value is -0.820. The smallest absolute Gasteiger partial charge is 0.236 e. The summed E-state index contributed by atoms with van der Waals surface area (Å²) in [6, 6.07) is 0.417. The van der Waals surface area contributed by atoms with Crippen molar-refractivity contribution in [3.05, 3.63) is 0 Å². The largest absolute Gasteiger partial charge is 0.360 e. The highest BCUT2D eigenvalue weighted by atomic mass is 32.2. The van der Waals surface area contributed by atoms with Crippen LogP contribution in [0.25, 0.3) is 0 Å². The molecule has 0 aromatic carbocycles. The van der Waals surface area contributed by atoms with Crippen LogP contribution in [0.2, 0.25) is 0 Å². The van der Waals surface area contributed by atoms with Gasteiger partial charge in [-0.3, -0.25) is 4.79 Å². The number of carbonyl (C=O) groups excluding carboxylic acids is 1. The summed E-state index contributed by atoms with van der Waals surface area (Å²) < 4.78 is 0.865. The number of nitrogens with one attached hydrogen (secondary N) is 1. The first-order valence-corrected chi connectivity index (χ1v) is 9.89. The van der Waals surface area contributed by atoms with Crippen molar-refractivity contribution in [3.63, 3.8) is 0 Å². The lowest BCUT2D eigenvalue weighted by molar-refractivity contribution is -0.134. The molecule has 1 N–H and O–H groups in total. The molecule has 7 heteroatoms. The van der Waals surface area contributed by atoms with Gasteiger partial charge in [-0.2, -0.15) is 0 Å². The summed E-state index contributed by atoms with van der Waals surface area (Å²) in [5.41, 5.74) is 0. The number of piperidine rings is 1. The average Bonchev–Trinajstić information content (AvgIpc) is 2.99. The van der Waals surface area contributed by atoms with E-state index in [0.29, 0.717) is 6.04 Å². The molecule has 1 aromatic rings. The zero-order valence-electron chi connectivity index (χ0n) is 13.7. The molecule has 1 amide bonds. The van der Waals surface area contributed by atoms with Gasteiger partial charge in [-0.15, -0.1) is 10.2 Å². The van der Waals surface area contributed by atoms with E-state index in [0.717, 1.165) is 48.2 Å². The van der Waals surface area contributed by atoms with Gasteiger partial charge in [0.25, 0.3) is 0 Å². The number of hydrogen-bond acceptors (Lipinski definition) is 6. The minimum Gasteiger partial charge on any atom is -0.360 e. The third kappa shape index (κ3) is 4.59. The Morgan fingerprint density at radius 2 is 2.27 bits per heavy atom. The van der Waals surface area contributed by atoms with Crippen molar-refractivity contribution < 1.29 is 4.79 Å². The number of thioether (sulfide) groups is 1. The number of hydrogen-bond donors (Lipinski definition) is 1. The van der Waals surface area contributed by atoms with Gasteiger partial charge >= 0.3 is 0 Å². The lowest BCUT2D eigenvalue weighted by Gasteiger charge is -2.36. The topological polar surface area (TPSA) is 58.1 Å². The summed E-state index contributed by atoms with van der Waals surface area (Å²) in [5.74, 6) is 0.245. The monoisotopic (exact) mass is 342 g/mol. The van der Waals surface area contributed by atoms with Crippen molar-refractivity contribution in [1.82, 2.24) is 15.1 Å². The van der Waals surface area contributed by atoms with Crippen molar-refractivity contribution in [1.29, 1.82) is 0 Å². The molecule has 1 fully saturated rings. The van der Waals surface area contributed by atoms with Gasteiger partial charge in [0.2, 0.25) is 11.0 Å². The van der Waals surface area contributed by atoms with E-state index in [9.17, 15) is 4.79 Å². The number of rotatable bonds is 7. The summed E-state index contributed by atoms with van der Waals surface area (Å²) >= 11 is 3.06. The van der Waals surface area contributed by atoms with Gasteiger partial charge in [0.15, 0.2) is 4.34 Å². The molecule has 1 aliphatic heterocycles. The Morgan fingerprint density at radius 1 is 1.45 bits per heavy atom. The van der Waals surface area contributed by atoms with E-state index in [4.69, 9.17) is 0 Å². The number of aromatic nitrogens is 2. The van der Waals surface area contributed by atoms with Gasteiger partial charge in [0, 0.05) is 19.1 Å². The molecule has 0 aliphatic carbocycles. The molecular weight excluding hydrogens is 316 g/mol. The highest BCUT2D eigenvalue weighted by Crippen LogP contribution is 2.31. The highest BCUT2D eigenvalue weighted by Gasteiger charge is 2.29. The zero-order valence-corrected chi connectivity index (χ0v) is 15.3. The van der Waals surface area contributed by atoms with Crippen molar-refractivity contribution in [2.75, 3.05) is 18.4 Å². The van der Waals surface area contributed by atoms with Crippen molar-refractivity contribution in [2.45, 2.75) is 68.5 Å². The van der Waals surface area contributed by atoms with Crippen LogP contribution in [0.4, 0.5) is 5.13 Å². The fourth-order valence-corrected chi connectivity index (χ4v) is 4.70. The molecule has 5 nitrogen and oxygen atoms in total. The van der Waals surface area contributed by atoms with E-state index in [2.05, 4.69) is 34.3 Å². The predicted octanol–water partition coefficient (Wildman–Crippen LogP) is 3.63. The lowest BCUT2D eigenvalue weighted by atomic mass is 10.00. The summed E-state index contributed by atoms with van der Waals surface area (Å²) in [4.78, 5) is 14.8. The van der Waals surface area contributed by atoms with Crippen LogP contribution < -0.4 is 5.32 Å². The number of anilines is 1. The normalized spacial score (nSPS) is 20.0. The van der Waals surface area contributed by atoms with Crippen LogP contribution in [0.15, 0.2) is 4.34 Å². The van der Waals surface area contributed by atoms with E-state index in [-0.39, 0.29) is 11.2 Å². The molecule has 2 atom stereocenters. The molecular formula is C15H26N4OS2. The standard InChI is InChI=1S/C15H26N4OS2/c1-4-9-16-14-17-18-15(22-14)21-11(3)13(20)19-10-7-6-8-12(19)5-2/h11-12H,4-10H2,1-3H3,(H,16,17). The Balaban J connectivity index is 1.91. The second-order valence-corrected chi connectivity index (χ2v) is 8.21. The van der Waals surface area contributed by atoms with E-state index in [1.54, 1.807) is 0 Å². The molecule has 1 aromatic heterocycles. The summed E-state index contributed by atoms with van der Waals surface area (Å²) in [6.45, 7) is 8.08. The minimum absolute atomic E-state index is 0.0980. The number of likely N-dealkylation sites (tertiary alicyclic amines) is 1. The molecule has 2 rings (SSSR count). The van der Waals surface area contributed by atoms with Gasteiger partial charge in [0.05, 0.1) is 5.25 Å². The first-order valence-electron chi connectivity index (χ1n) is 8.20. The third-order valence-corrected chi connectivity index (χ3v) is 5.99. The Labute approximate surface area is 141 Å². The Kier molecular flexibility index (Phi) is 6.95. The van der Waals surface area contributed by atoms with Crippen LogP contribution >= 0.6 is 23.1 Å². The molecule has 0 bridgehead atoms. The van der Waals surface area contributed by atoms with E-state index in [1.165, 1.54) is 29.5 Å². The van der Waals surface area contributed by atoms with E-state index < -0.39 is 0 Å². The van der Waals surface area contributed by atoms with Crippen LogP contribution in [0.5, 0.6) is 0 Å². The summed E-state index contributed by atoms with van der Waals surface area (Å²) in [7, 11) is 0. The molecule has 124 valence electrons. The van der Waals surface area contributed by atoms with Gasteiger partial charge in [-0.1, -0.05) is 36.9 Å². The van der Waals surface area contributed by atoms with Crippen molar-refractivity contribution >= 4 is 34.1 Å². The maximum absolute atomic E-state index is 12.7. The second-order valence-electron chi connectivity index (χ2n) is 5.65. The molecule has 2 heterocycles. The van der Waals surface area contributed by atoms with E-state index in [1.807, 2.05) is 6.92 Å². The maximum Gasteiger partial charge on any atom is 0.236 e. The van der Waals surface area contributed by atoms with Crippen LogP contribution in [-0.2, 0) is 4.79 Å². The molecule has 0 saturated carbocycles. The quantitative estimate of drug-likeness (QED) is 0.767. The van der Waals surface area contributed by atoms with Gasteiger partial charge in [-0.05, 0) is 39.0 Å².